The number of hydrogen-bond donors (Lipinski definition) is 1. The second-order valence-corrected chi connectivity index (χ2v) is 6.93. The molecule has 7 heteroatoms. The van der Waals surface area contributed by atoms with Gasteiger partial charge in [0, 0.05) is 31.1 Å². The minimum absolute atomic E-state index is 0.00312. The topological polar surface area (TPSA) is 67.2 Å². The maximum atomic E-state index is 12.7. The molecule has 2 aromatic rings. The largest absolute Gasteiger partial charge is 0.339 e. The molecule has 0 bridgehead atoms. The summed E-state index contributed by atoms with van der Waals surface area (Å²) in [6, 6.07) is 0. The third kappa shape index (κ3) is 2.24. The molecule has 1 aliphatic carbocycles. The Balaban J connectivity index is 1.66. The lowest BCUT2D eigenvalue weighted by molar-refractivity contribution is -0.132. The molecule has 0 radical (unpaired) electrons. The van der Waals surface area contributed by atoms with E-state index in [0.29, 0.717) is 13.1 Å². The molecule has 1 aliphatic heterocycles. The Labute approximate surface area is 131 Å². The fourth-order valence-corrected chi connectivity index (χ4v) is 4.51. The number of piperazine rings is 1. The van der Waals surface area contributed by atoms with Crippen molar-refractivity contribution in [3.8, 4) is 0 Å². The molecule has 0 unspecified atom stereocenters. The highest BCUT2D eigenvalue weighted by atomic mass is 32.1. The Morgan fingerprint density at radius 2 is 2.14 bits per heavy atom. The van der Waals surface area contributed by atoms with Crippen LogP contribution in [0.4, 0.5) is 0 Å². The number of aromatic nitrogens is 2. The van der Waals surface area contributed by atoms with Crippen molar-refractivity contribution in [1.82, 2.24) is 19.8 Å². The Hall–Kier alpha value is -1.73. The van der Waals surface area contributed by atoms with E-state index in [1.165, 1.54) is 21.3 Å². The molecule has 1 fully saturated rings. The number of fused-ring (bicyclic) bond motifs is 3. The molecule has 0 spiro atoms. The fraction of sp³-hybridized carbons (Fsp3) is 0.533. The van der Waals surface area contributed by atoms with Crippen molar-refractivity contribution in [3.63, 3.8) is 0 Å². The molecule has 1 N–H and O–H groups in total. The van der Waals surface area contributed by atoms with Gasteiger partial charge in [-0.1, -0.05) is 0 Å². The summed E-state index contributed by atoms with van der Waals surface area (Å²) in [4.78, 5) is 33.4. The van der Waals surface area contributed by atoms with E-state index in [0.717, 1.165) is 42.6 Å². The Kier molecular flexibility index (Phi) is 3.46. The summed E-state index contributed by atoms with van der Waals surface area (Å²) < 4.78 is 1.47. The van der Waals surface area contributed by atoms with Crippen molar-refractivity contribution in [2.45, 2.75) is 25.8 Å². The van der Waals surface area contributed by atoms with Crippen LogP contribution in [0.2, 0.25) is 0 Å². The van der Waals surface area contributed by atoms with Gasteiger partial charge in [-0.05, 0) is 24.8 Å². The zero-order valence-electron chi connectivity index (χ0n) is 12.3. The van der Waals surface area contributed by atoms with Gasteiger partial charge in [-0.15, -0.1) is 11.3 Å². The van der Waals surface area contributed by atoms with Crippen LogP contribution >= 0.6 is 11.3 Å². The molecule has 116 valence electrons. The molecule has 6 nitrogen and oxygen atoms in total. The van der Waals surface area contributed by atoms with Gasteiger partial charge >= 0.3 is 0 Å². The first-order valence-corrected chi connectivity index (χ1v) is 8.54. The number of carbonyl (C=O) groups is 1. The van der Waals surface area contributed by atoms with E-state index in [-0.39, 0.29) is 18.0 Å². The zero-order chi connectivity index (χ0) is 15.1. The average molecular weight is 318 g/mol. The summed E-state index contributed by atoms with van der Waals surface area (Å²) in [6.45, 7) is 3.13. The summed E-state index contributed by atoms with van der Waals surface area (Å²) in [6.07, 6.45) is 4.65. The van der Waals surface area contributed by atoms with Crippen LogP contribution in [0.1, 0.15) is 16.9 Å². The molecule has 0 aromatic carbocycles. The number of carbonyl (C=O) groups excluding carboxylic acids is 1. The highest BCUT2D eigenvalue weighted by Crippen LogP contribution is 2.34. The normalized spacial score (nSPS) is 17.9. The number of thiophene rings is 1. The van der Waals surface area contributed by atoms with Gasteiger partial charge in [-0.25, -0.2) is 4.98 Å². The van der Waals surface area contributed by atoms with Gasteiger partial charge in [-0.2, -0.15) is 0 Å². The van der Waals surface area contributed by atoms with Crippen LogP contribution in [0, 0.1) is 0 Å². The van der Waals surface area contributed by atoms with Crippen molar-refractivity contribution in [2.24, 2.45) is 0 Å². The second-order valence-electron chi connectivity index (χ2n) is 5.85. The Morgan fingerprint density at radius 3 is 2.95 bits per heavy atom. The molecule has 0 saturated carbocycles. The van der Waals surface area contributed by atoms with E-state index >= 15 is 0 Å². The lowest BCUT2D eigenvalue weighted by Gasteiger charge is -2.27. The van der Waals surface area contributed by atoms with Gasteiger partial charge in [0.05, 0.1) is 11.7 Å². The molecule has 3 heterocycles. The maximum absolute atomic E-state index is 12.7. The predicted molar refractivity (Wildman–Crippen MR) is 85.4 cm³/mol. The molecule has 4 rings (SSSR count). The van der Waals surface area contributed by atoms with Gasteiger partial charge in [-0.3, -0.25) is 14.2 Å². The Morgan fingerprint density at radius 1 is 1.32 bits per heavy atom. The number of nitrogens with one attached hydrogen (secondary N) is 1. The van der Waals surface area contributed by atoms with Crippen LogP contribution in [-0.4, -0.2) is 46.5 Å². The van der Waals surface area contributed by atoms with Gasteiger partial charge in [0.15, 0.2) is 0 Å². The highest BCUT2D eigenvalue weighted by Gasteiger charge is 2.22. The summed E-state index contributed by atoms with van der Waals surface area (Å²) in [5.41, 5.74) is 1.11. The SMILES string of the molecule is O=C(Cn1cnc2sc3c(c2c1=O)CCC3)N1CCNCC1. The predicted octanol–water partition coefficient (Wildman–Crippen LogP) is 0.379. The van der Waals surface area contributed by atoms with Crippen molar-refractivity contribution < 1.29 is 4.79 Å². The second kappa shape index (κ2) is 5.48. The van der Waals surface area contributed by atoms with Gasteiger partial charge in [0.1, 0.15) is 11.4 Å². The number of hydrogen-bond acceptors (Lipinski definition) is 5. The van der Waals surface area contributed by atoms with Crippen molar-refractivity contribution in [2.75, 3.05) is 26.2 Å². The highest BCUT2D eigenvalue weighted by molar-refractivity contribution is 7.18. The summed E-state index contributed by atoms with van der Waals surface area (Å²) in [7, 11) is 0. The smallest absolute Gasteiger partial charge is 0.262 e. The van der Waals surface area contributed by atoms with E-state index in [2.05, 4.69) is 10.3 Å². The fourth-order valence-electron chi connectivity index (χ4n) is 3.29. The van der Waals surface area contributed by atoms with Crippen LogP contribution in [0.25, 0.3) is 10.2 Å². The summed E-state index contributed by atoms with van der Waals surface area (Å²) in [5, 5.41) is 3.96. The molecule has 2 aliphatic rings. The number of aryl methyl sites for hydroxylation is 2. The number of amides is 1. The molecular weight excluding hydrogens is 300 g/mol. The van der Waals surface area contributed by atoms with Crippen LogP contribution in [0.5, 0.6) is 0 Å². The van der Waals surface area contributed by atoms with Crippen molar-refractivity contribution in [3.05, 3.63) is 27.1 Å². The lowest BCUT2D eigenvalue weighted by atomic mass is 10.2. The van der Waals surface area contributed by atoms with E-state index in [4.69, 9.17) is 0 Å². The number of nitrogens with zero attached hydrogens (tertiary/aromatic N) is 3. The quantitative estimate of drug-likeness (QED) is 0.869. The zero-order valence-corrected chi connectivity index (χ0v) is 13.1. The van der Waals surface area contributed by atoms with Crippen molar-refractivity contribution >= 4 is 27.5 Å². The monoisotopic (exact) mass is 318 g/mol. The molecular formula is C15H18N4O2S. The lowest BCUT2D eigenvalue weighted by Crippen LogP contribution is -2.48. The van der Waals surface area contributed by atoms with Gasteiger partial charge < -0.3 is 10.2 Å². The van der Waals surface area contributed by atoms with Crippen molar-refractivity contribution in [1.29, 1.82) is 0 Å². The maximum Gasteiger partial charge on any atom is 0.262 e. The average Bonchev–Trinajstić information content (AvgIpc) is 3.11. The molecule has 22 heavy (non-hydrogen) atoms. The first kappa shape index (κ1) is 13.9. The first-order valence-electron chi connectivity index (χ1n) is 7.72. The first-order chi connectivity index (χ1) is 10.7. The molecule has 0 atom stereocenters. The minimum atomic E-state index is -0.0621. The standard InChI is InChI=1S/C15H18N4O2S/c20-12(18-6-4-16-5-7-18)8-19-9-17-14-13(15(19)21)10-2-1-3-11(10)22-14/h9,16H,1-8H2. The Bertz CT molecular complexity index is 789. The molecule has 2 aromatic heterocycles. The van der Waals surface area contributed by atoms with E-state index < -0.39 is 0 Å². The summed E-state index contributed by atoms with van der Waals surface area (Å²) in [5.74, 6) is -0.00312. The van der Waals surface area contributed by atoms with E-state index in [1.54, 1.807) is 11.3 Å². The van der Waals surface area contributed by atoms with Crippen LogP contribution in [0.3, 0.4) is 0 Å². The van der Waals surface area contributed by atoms with E-state index in [9.17, 15) is 9.59 Å². The van der Waals surface area contributed by atoms with Gasteiger partial charge in [0.2, 0.25) is 5.91 Å². The third-order valence-corrected chi connectivity index (χ3v) is 5.67. The van der Waals surface area contributed by atoms with Gasteiger partial charge in [0.25, 0.3) is 5.56 Å². The number of rotatable bonds is 2. The van der Waals surface area contributed by atoms with E-state index in [1.807, 2.05) is 4.90 Å². The molecule has 1 amide bonds. The minimum Gasteiger partial charge on any atom is -0.339 e. The third-order valence-electron chi connectivity index (χ3n) is 4.47. The van der Waals surface area contributed by atoms with Crippen LogP contribution < -0.4 is 10.9 Å². The van der Waals surface area contributed by atoms with Crippen LogP contribution in [-0.2, 0) is 24.2 Å². The summed E-state index contributed by atoms with van der Waals surface area (Å²) >= 11 is 1.63. The van der Waals surface area contributed by atoms with Crippen LogP contribution in [0.15, 0.2) is 11.1 Å². The molecule has 1 saturated heterocycles.